The lowest BCUT2D eigenvalue weighted by molar-refractivity contribution is 1.01. The average Bonchev–Trinajstić information content (AvgIpc) is 2.06. The second-order valence-corrected chi connectivity index (χ2v) is 1.97. The highest BCUT2D eigenvalue weighted by Crippen LogP contribution is 2.09. The number of nitrogens with two attached hydrogens (primary N) is 1. The summed E-state index contributed by atoms with van der Waals surface area (Å²) in [5.74, 6) is 5.23. The van der Waals surface area contributed by atoms with Crippen LogP contribution < -0.4 is 11.3 Å². The van der Waals surface area contributed by atoms with E-state index in [2.05, 4.69) is 15.6 Å². The maximum atomic E-state index is 5.23. The van der Waals surface area contributed by atoms with Crippen molar-refractivity contribution in [3.8, 4) is 0 Å². The van der Waals surface area contributed by atoms with Gasteiger partial charge in [0, 0.05) is 0 Å². The molecule has 0 bridgehead atoms. The first kappa shape index (κ1) is 7.68. The van der Waals surface area contributed by atoms with Crippen molar-refractivity contribution in [2.45, 2.75) is 6.92 Å². The number of hydrogen-bond acceptors (Lipinski definition) is 4. The molecule has 4 nitrogen and oxygen atoms in total. The average molecular weight is 150 g/mol. The van der Waals surface area contributed by atoms with Crippen LogP contribution in [0.2, 0.25) is 0 Å². The zero-order valence-electron chi connectivity index (χ0n) is 6.28. The molecule has 1 heterocycles. The lowest BCUT2D eigenvalue weighted by atomic mass is 10.3. The molecule has 0 amide bonds. The largest absolute Gasteiger partial charge is 0.322 e. The number of nitrogens with zero attached hydrogens (tertiary/aromatic N) is 2. The Balaban J connectivity index is 3.02. The van der Waals surface area contributed by atoms with Crippen LogP contribution in [0.25, 0.3) is 6.08 Å². The highest BCUT2D eigenvalue weighted by atomic mass is 15.2. The van der Waals surface area contributed by atoms with Gasteiger partial charge in [-0.2, -0.15) is 5.10 Å². The van der Waals surface area contributed by atoms with Gasteiger partial charge in [-0.3, -0.25) is 5.84 Å². The van der Waals surface area contributed by atoms with Crippen LogP contribution in [0.15, 0.2) is 18.3 Å². The van der Waals surface area contributed by atoms with E-state index >= 15 is 0 Å². The van der Waals surface area contributed by atoms with E-state index in [9.17, 15) is 0 Å². The fraction of sp³-hybridized carbons (Fsp3) is 0.143. The van der Waals surface area contributed by atoms with E-state index in [4.69, 9.17) is 5.84 Å². The van der Waals surface area contributed by atoms with E-state index in [0.717, 1.165) is 11.4 Å². The minimum atomic E-state index is 0.748. The van der Waals surface area contributed by atoms with Gasteiger partial charge in [0.05, 0.1) is 11.9 Å². The van der Waals surface area contributed by atoms with Gasteiger partial charge in [0.25, 0.3) is 0 Å². The van der Waals surface area contributed by atoms with Crippen molar-refractivity contribution in [1.29, 1.82) is 0 Å². The van der Waals surface area contributed by atoms with Crippen LogP contribution in [-0.4, -0.2) is 10.2 Å². The minimum absolute atomic E-state index is 0.748. The lowest BCUT2D eigenvalue weighted by Crippen LogP contribution is -2.09. The Kier molecular flexibility index (Phi) is 2.57. The van der Waals surface area contributed by atoms with Crippen LogP contribution in [0.4, 0.5) is 5.69 Å². The molecule has 0 aliphatic carbocycles. The molecule has 58 valence electrons. The number of allylic oxidation sites excluding steroid dienone is 1. The highest BCUT2D eigenvalue weighted by Gasteiger charge is 1.95. The molecule has 0 aliphatic heterocycles. The summed E-state index contributed by atoms with van der Waals surface area (Å²) in [4.78, 5) is 0. The molecule has 0 spiro atoms. The minimum Gasteiger partial charge on any atom is -0.322 e. The Morgan fingerprint density at radius 3 is 3.09 bits per heavy atom. The summed E-state index contributed by atoms with van der Waals surface area (Å²) in [6.45, 7) is 1.91. The first-order valence-corrected chi connectivity index (χ1v) is 3.29. The van der Waals surface area contributed by atoms with E-state index in [0.29, 0.717) is 0 Å². The quantitative estimate of drug-likeness (QED) is 0.483. The van der Waals surface area contributed by atoms with Gasteiger partial charge in [-0.1, -0.05) is 6.08 Å². The molecule has 3 N–H and O–H groups in total. The summed E-state index contributed by atoms with van der Waals surface area (Å²) < 4.78 is 0. The monoisotopic (exact) mass is 150 g/mol. The summed E-state index contributed by atoms with van der Waals surface area (Å²) in [5, 5.41) is 7.58. The van der Waals surface area contributed by atoms with Gasteiger partial charge in [0.2, 0.25) is 0 Å². The second-order valence-electron chi connectivity index (χ2n) is 1.97. The Hall–Kier alpha value is -1.42. The molecule has 0 aromatic carbocycles. The molecular weight excluding hydrogens is 140 g/mol. The van der Waals surface area contributed by atoms with Crippen LogP contribution in [-0.2, 0) is 0 Å². The lowest BCUT2D eigenvalue weighted by Gasteiger charge is -2.00. The van der Waals surface area contributed by atoms with E-state index in [1.807, 2.05) is 19.1 Å². The van der Waals surface area contributed by atoms with Crippen LogP contribution in [0, 0.1) is 0 Å². The molecule has 1 rings (SSSR count). The van der Waals surface area contributed by atoms with Gasteiger partial charge < -0.3 is 5.43 Å². The normalized spacial score (nSPS) is 10.4. The standard InChI is InChI=1S/C7H10N4/c1-2-3-7-6(10-8)4-5-9-11-7/h2-5H,8H2,1H3,(H,9,10)/b3-2-. The summed E-state index contributed by atoms with van der Waals surface area (Å²) >= 11 is 0. The van der Waals surface area contributed by atoms with Gasteiger partial charge >= 0.3 is 0 Å². The number of aromatic nitrogens is 2. The van der Waals surface area contributed by atoms with E-state index in [1.165, 1.54) is 0 Å². The molecule has 4 heteroatoms. The Labute approximate surface area is 65.1 Å². The summed E-state index contributed by atoms with van der Waals surface area (Å²) in [6, 6.07) is 1.77. The molecule has 0 aliphatic rings. The highest BCUT2D eigenvalue weighted by molar-refractivity contribution is 5.61. The fourth-order valence-electron chi connectivity index (χ4n) is 0.746. The molecule has 0 atom stereocenters. The van der Waals surface area contributed by atoms with Crippen LogP contribution >= 0.6 is 0 Å². The van der Waals surface area contributed by atoms with Gasteiger partial charge in [0.1, 0.15) is 5.69 Å². The maximum Gasteiger partial charge on any atom is 0.110 e. The number of nitrogens with one attached hydrogen (secondary N) is 1. The Morgan fingerprint density at radius 2 is 2.45 bits per heavy atom. The molecule has 1 aromatic rings. The Morgan fingerprint density at radius 1 is 1.64 bits per heavy atom. The predicted molar refractivity (Wildman–Crippen MR) is 44.6 cm³/mol. The van der Waals surface area contributed by atoms with Gasteiger partial charge in [-0.25, -0.2) is 0 Å². The van der Waals surface area contributed by atoms with Gasteiger partial charge in [-0.15, -0.1) is 5.10 Å². The maximum absolute atomic E-state index is 5.23. The molecule has 0 fully saturated rings. The van der Waals surface area contributed by atoms with Crippen LogP contribution in [0.1, 0.15) is 12.6 Å². The first-order chi connectivity index (χ1) is 5.38. The third-order valence-corrected chi connectivity index (χ3v) is 1.23. The zero-order chi connectivity index (χ0) is 8.10. The summed E-state index contributed by atoms with van der Waals surface area (Å²) in [7, 11) is 0. The Bertz CT molecular complexity index is 256. The molecule has 1 aromatic heterocycles. The van der Waals surface area contributed by atoms with Crippen molar-refractivity contribution in [2.24, 2.45) is 5.84 Å². The van der Waals surface area contributed by atoms with E-state index in [1.54, 1.807) is 12.3 Å². The van der Waals surface area contributed by atoms with E-state index < -0.39 is 0 Å². The van der Waals surface area contributed by atoms with Crippen molar-refractivity contribution in [1.82, 2.24) is 10.2 Å². The second kappa shape index (κ2) is 3.68. The van der Waals surface area contributed by atoms with Crippen molar-refractivity contribution in [3.63, 3.8) is 0 Å². The SMILES string of the molecule is C/C=C\c1nnccc1NN. The summed E-state index contributed by atoms with van der Waals surface area (Å²) in [6.07, 6.45) is 5.30. The number of hydrazine groups is 1. The molecule has 0 radical (unpaired) electrons. The molecule has 0 saturated heterocycles. The van der Waals surface area contributed by atoms with Crippen molar-refractivity contribution >= 4 is 11.8 Å². The zero-order valence-corrected chi connectivity index (χ0v) is 6.28. The van der Waals surface area contributed by atoms with Gasteiger partial charge in [0.15, 0.2) is 0 Å². The van der Waals surface area contributed by atoms with Crippen LogP contribution in [0.5, 0.6) is 0 Å². The first-order valence-electron chi connectivity index (χ1n) is 3.29. The fourth-order valence-corrected chi connectivity index (χ4v) is 0.746. The molecule has 11 heavy (non-hydrogen) atoms. The molecule has 0 unspecified atom stereocenters. The summed E-state index contributed by atoms with van der Waals surface area (Å²) in [5.41, 5.74) is 4.05. The van der Waals surface area contributed by atoms with Gasteiger partial charge in [-0.05, 0) is 19.1 Å². The predicted octanol–water partition coefficient (Wildman–Crippen LogP) is 0.795. The number of hydrogen-bond donors (Lipinski definition) is 2. The third kappa shape index (κ3) is 1.75. The smallest absolute Gasteiger partial charge is 0.110 e. The molecular formula is C7H10N4. The van der Waals surface area contributed by atoms with Crippen molar-refractivity contribution in [2.75, 3.05) is 5.43 Å². The number of rotatable bonds is 2. The number of nitrogen functional groups attached to an aromatic ring is 1. The number of anilines is 1. The topological polar surface area (TPSA) is 63.8 Å². The van der Waals surface area contributed by atoms with Crippen molar-refractivity contribution in [3.05, 3.63) is 24.0 Å². The third-order valence-electron chi connectivity index (χ3n) is 1.23. The van der Waals surface area contributed by atoms with Crippen LogP contribution in [0.3, 0.4) is 0 Å². The van der Waals surface area contributed by atoms with Crippen molar-refractivity contribution < 1.29 is 0 Å². The molecule has 0 saturated carbocycles. The van der Waals surface area contributed by atoms with E-state index in [-0.39, 0.29) is 0 Å².